The SMILES string of the molecule is CCOC(=O)CCCCn1ccc2cc(CC(C)NCCOc3ccccc3OC(C)C)cc(C(N)=O)c21. The fraction of sp³-hybridized carbons (Fsp3) is 0.467. The van der Waals surface area contributed by atoms with Gasteiger partial charge in [-0.2, -0.15) is 0 Å². The first-order chi connectivity index (χ1) is 18.3. The van der Waals surface area contributed by atoms with Crippen LogP contribution in [0.1, 0.15) is 62.9 Å². The number of primary amides is 1. The number of aromatic nitrogens is 1. The summed E-state index contributed by atoms with van der Waals surface area (Å²) in [6.07, 6.45) is 4.73. The van der Waals surface area contributed by atoms with E-state index >= 15 is 0 Å². The lowest BCUT2D eigenvalue weighted by Gasteiger charge is -2.17. The molecule has 1 heterocycles. The molecular formula is C30H41N3O5. The molecule has 0 saturated heterocycles. The van der Waals surface area contributed by atoms with Crippen molar-refractivity contribution in [1.82, 2.24) is 9.88 Å². The van der Waals surface area contributed by atoms with E-state index in [1.807, 2.05) is 61.0 Å². The molecule has 38 heavy (non-hydrogen) atoms. The molecule has 1 unspecified atom stereocenters. The Kier molecular flexibility index (Phi) is 11.0. The van der Waals surface area contributed by atoms with Gasteiger partial charge in [0.25, 0.3) is 5.91 Å². The van der Waals surface area contributed by atoms with Crippen molar-refractivity contribution in [2.75, 3.05) is 19.8 Å². The van der Waals surface area contributed by atoms with Crippen molar-refractivity contribution < 1.29 is 23.8 Å². The number of nitrogens with zero attached hydrogens (tertiary/aromatic N) is 1. The van der Waals surface area contributed by atoms with Crippen LogP contribution in [0.25, 0.3) is 10.9 Å². The van der Waals surface area contributed by atoms with Crippen LogP contribution in [0.4, 0.5) is 0 Å². The first-order valence-electron chi connectivity index (χ1n) is 13.5. The summed E-state index contributed by atoms with van der Waals surface area (Å²) in [4.78, 5) is 23.9. The van der Waals surface area contributed by atoms with Crippen LogP contribution in [0.2, 0.25) is 0 Å². The van der Waals surface area contributed by atoms with Crippen molar-refractivity contribution >= 4 is 22.8 Å². The van der Waals surface area contributed by atoms with Crippen molar-refractivity contribution in [3.63, 3.8) is 0 Å². The highest BCUT2D eigenvalue weighted by molar-refractivity contribution is 6.05. The number of hydrogen-bond acceptors (Lipinski definition) is 6. The number of amides is 1. The van der Waals surface area contributed by atoms with Gasteiger partial charge in [0, 0.05) is 37.1 Å². The van der Waals surface area contributed by atoms with Crippen LogP contribution in [0, 0.1) is 0 Å². The maximum Gasteiger partial charge on any atom is 0.305 e. The van der Waals surface area contributed by atoms with Gasteiger partial charge in [0.1, 0.15) is 6.61 Å². The largest absolute Gasteiger partial charge is 0.488 e. The molecule has 3 N–H and O–H groups in total. The number of esters is 1. The van der Waals surface area contributed by atoms with Gasteiger partial charge in [-0.25, -0.2) is 0 Å². The topological polar surface area (TPSA) is 105 Å². The highest BCUT2D eigenvalue weighted by Gasteiger charge is 2.15. The van der Waals surface area contributed by atoms with E-state index in [2.05, 4.69) is 18.3 Å². The molecule has 0 radical (unpaired) electrons. The van der Waals surface area contributed by atoms with Crippen molar-refractivity contribution in [3.8, 4) is 11.5 Å². The monoisotopic (exact) mass is 523 g/mol. The fourth-order valence-electron chi connectivity index (χ4n) is 4.50. The Morgan fingerprint density at radius 1 is 1.05 bits per heavy atom. The third-order valence-corrected chi connectivity index (χ3v) is 6.13. The van der Waals surface area contributed by atoms with E-state index in [9.17, 15) is 9.59 Å². The number of hydrogen-bond donors (Lipinski definition) is 2. The number of carbonyl (C=O) groups excluding carboxylic acids is 2. The first kappa shape index (κ1) is 29.0. The summed E-state index contributed by atoms with van der Waals surface area (Å²) >= 11 is 0. The number of fused-ring (bicyclic) bond motifs is 1. The molecule has 2 aromatic carbocycles. The molecule has 0 fully saturated rings. The average molecular weight is 524 g/mol. The van der Waals surface area contributed by atoms with E-state index in [4.69, 9.17) is 19.9 Å². The van der Waals surface area contributed by atoms with Gasteiger partial charge in [0.15, 0.2) is 11.5 Å². The van der Waals surface area contributed by atoms with Crippen LogP contribution in [-0.4, -0.2) is 48.3 Å². The van der Waals surface area contributed by atoms with E-state index in [0.717, 1.165) is 47.2 Å². The lowest BCUT2D eigenvalue weighted by Crippen LogP contribution is -2.32. The molecule has 3 aromatic rings. The fourth-order valence-corrected chi connectivity index (χ4v) is 4.50. The number of para-hydroxylation sites is 2. The van der Waals surface area contributed by atoms with Gasteiger partial charge in [0.05, 0.1) is 23.8 Å². The van der Waals surface area contributed by atoms with E-state index in [1.165, 1.54) is 0 Å². The third-order valence-electron chi connectivity index (χ3n) is 6.13. The molecule has 8 nitrogen and oxygen atoms in total. The zero-order valence-electron chi connectivity index (χ0n) is 23.0. The standard InChI is InChI=1S/C30H41N3O5/c1-5-36-28(34)12-8-9-15-33-16-13-24-19-23(20-25(29(24)33)30(31)35)18-22(4)32-14-17-37-26-10-6-7-11-27(26)38-21(2)3/h6-7,10-11,13,16,19-22,32H,5,8-9,12,14-15,17-18H2,1-4H3,(H2,31,35). The number of benzene rings is 2. The zero-order valence-corrected chi connectivity index (χ0v) is 23.0. The number of ether oxygens (including phenoxy) is 3. The Labute approximate surface area is 225 Å². The van der Waals surface area contributed by atoms with Gasteiger partial charge < -0.3 is 29.8 Å². The highest BCUT2D eigenvalue weighted by Crippen LogP contribution is 2.27. The second-order valence-electron chi connectivity index (χ2n) is 9.74. The van der Waals surface area contributed by atoms with Gasteiger partial charge in [0.2, 0.25) is 0 Å². The van der Waals surface area contributed by atoms with E-state index < -0.39 is 5.91 Å². The summed E-state index contributed by atoms with van der Waals surface area (Å²) < 4.78 is 18.8. The molecule has 0 aliphatic carbocycles. The zero-order chi connectivity index (χ0) is 27.5. The quantitative estimate of drug-likeness (QED) is 0.205. The number of nitrogens with two attached hydrogens (primary N) is 1. The van der Waals surface area contributed by atoms with Gasteiger partial charge in [-0.3, -0.25) is 9.59 Å². The van der Waals surface area contributed by atoms with E-state index in [1.54, 1.807) is 6.92 Å². The maximum atomic E-state index is 12.3. The molecule has 0 spiro atoms. The molecule has 1 aromatic heterocycles. The minimum absolute atomic E-state index is 0.0776. The average Bonchev–Trinajstić information content (AvgIpc) is 3.27. The minimum Gasteiger partial charge on any atom is -0.488 e. The highest BCUT2D eigenvalue weighted by atomic mass is 16.5. The summed E-state index contributed by atoms with van der Waals surface area (Å²) in [5.41, 5.74) is 8.18. The predicted molar refractivity (Wildman–Crippen MR) is 150 cm³/mol. The molecule has 8 heteroatoms. The summed E-state index contributed by atoms with van der Waals surface area (Å²) in [6.45, 7) is 10.2. The number of rotatable bonds is 16. The Morgan fingerprint density at radius 2 is 1.82 bits per heavy atom. The lowest BCUT2D eigenvalue weighted by atomic mass is 10.0. The van der Waals surface area contributed by atoms with Crippen molar-refractivity contribution in [1.29, 1.82) is 0 Å². The summed E-state index contributed by atoms with van der Waals surface area (Å²) in [6, 6.07) is 13.9. The van der Waals surface area contributed by atoms with Gasteiger partial charge in [-0.1, -0.05) is 12.1 Å². The maximum absolute atomic E-state index is 12.3. The first-order valence-corrected chi connectivity index (χ1v) is 13.5. The number of carbonyl (C=O) groups is 2. The number of unbranched alkanes of at least 4 members (excludes halogenated alkanes) is 1. The summed E-state index contributed by atoms with van der Waals surface area (Å²) in [5, 5.41) is 4.48. The van der Waals surface area contributed by atoms with Crippen molar-refractivity contribution in [2.45, 2.75) is 72.1 Å². The van der Waals surface area contributed by atoms with Crippen LogP contribution in [-0.2, 0) is 22.5 Å². The lowest BCUT2D eigenvalue weighted by molar-refractivity contribution is -0.143. The Morgan fingerprint density at radius 3 is 2.53 bits per heavy atom. The molecule has 0 saturated carbocycles. The van der Waals surface area contributed by atoms with E-state index in [0.29, 0.717) is 38.3 Å². The van der Waals surface area contributed by atoms with Gasteiger partial charge in [-0.15, -0.1) is 0 Å². The molecular weight excluding hydrogens is 482 g/mol. The van der Waals surface area contributed by atoms with Gasteiger partial charge >= 0.3 is 5.97 Å². The third kappa shape index (κ3) is 8.52. The molecule has 206 valence electrons. The minimum atomic E-state index is -0.445. The predicted octanol–water partition coefficient (Wildman–Crippen LogP) is 4.86. The Bertz CT molecular complexity index is 1200. The molecule has 0 aliphatic heterocycles. The molecule has 3 rings (SSSR count). The van der Waals surface area contributed by atoms with Crippen molar-refractivity contribution in [3.05, 3.63) is 59.8 Å². The Hall–Kier alpha value is -3.52. The van der Waals surface area contributed by atoms with E-state index in [-0.39, 0.29) is 18.1 Å². The van der Waals surface area contributed by atoms with Crippen molar-refractivity contribution in [2.24, 2.45) is 5.73 Å². The Balaban J connectivity index is 1.56. The smallest absolute Gasteiger partial charge is 0.305 e. The molecule has 0 aliphatic rings. The number of nitrogens with one attached hydrogen (secondary N) is 1. The van der Waals surface area contributed by atoms with Crippen LogP contribution >= 0.6 is 0 Å². The molecule has 1 amide bonds. The summed E-state index contributed by atoms with van der Waals surface area (Å²) in [7, 11) is 0. The van der Waals surface area contributed by atoms with Gasteiger partial charge in [-0.05, 0) is 82.9 Å². The second-order valence-corrected chi connectivity index (χ2v) is 9.74. The van der Waals surface area contributed by atoms with Crippen LogP contribution in [0.15, 0.2) is 48.7 Å². The van der Waals surface area contributed by atoms with Crippen LogP contribution in [0.3, 0.4) is 0 Å². The second kappa shape index (κ2) is 14.4. The molecule has 0 bridgehead atoms. The molecule has 1 atom stereocenters. The summed E-state index contributed by atoms with van der Waals surface area (Å²) in [5.74, 6) is 0.859. The number of aryl methyl sites for hydroxylation is 1. The van der Waals surface area contributed by atoms with Crippen LogP contribution < -0.4 is 20.5 Å². The normalized spacial score (nSPS) is 12.0. The van der Waals surface area contributed by atoms with Crippen LogP contribution in [0.5, 0.6) is 11.5 Å².